The highest BCUT2D eigenvalue weighted by Gasteiger charge is 2.04. The summed E-state index contributed by atoms with van der Waals surface area (Å²) >= 11 is 0. The molecule has 1 amide bonds. The molecule has 0 atom stereocenters. The van der Waals surface area contributed by atoms with Crippen molar-refractivity contribution in [1.29, 1.82) is 0 Å². The van der Waals surface area contributed by atoms with Crippen molar-refractivity contribution in [3.8, 4) is 5.75 Å². The first-order valence-electron chi connectivity index (χ1n) is 9.77. The van der Waals surface area contributed by atoms with E-state index in [1.54, 1.807) is 19.2 Å². The normalized spacial score (nSPS) is 10.7. The summed E-state index contributed by atoms with van der Waals surface area (Å²) in [4.78, 5) is 16.5. The summed E-state index contributed by atoms with van der Waals surface area (Å²) in [6.45, 7) is 4.40. The number of halogens is 2. The number of nitrogens with zero attached hydrogens (tertiary/aromatic N) is 1. The predicted octanol–water partition coefficient (Wildman–Crippen LogP) is 2.91. The average Bonchev–Trinajstić information content (AvgIpc) is 2.71. The molecule has 8 heteroatoms. The van der Waals surface area contributed by atoms with Crippen LogP contribution in [-0.4, -0.2) is 45.2 Å². The second-order valence-electron chi connectivity index (χ2n) is 6.44. The molecule has 0 aromatic heterocycles. The van der Waals surface area contributed by atoms with Crippen LogP contribution in [0.3, 0.4) is 0 Å². The number of benzene rings is 2. The molecular weight excluding hydrogens is 498 g/mol. The topological polar surface area (TPSA) is 74.8 Å². The molecule has 0 saturated carbocycles. The van der Waals surface area contributed by atoms with E-state index >= 15 is 0 Å². The number of rotatable bonds is 10. The van der Waals surface area contributed by atoms with Gasteiger partial charge in [-0.1, -0.05) is 24.3 Å². The van der Waals surface area contributed by atoms with E-state index in [1.165, 1.54) is 17.7 Å². The number of amides is 1. The van der Waals surface area contributed by atoms with E-state index < -0.39 is 0 Å². The molecule has 0 spiro atoms. The van der Waals surface area contributed by atoms with E-state index in [0.29, 0.717) is 31.2 Å². The third kappa shape index (κ3) is 9.91. The van der Waals surface area contributed by atoms with Crippen molar-refractivity contribution in [3.63, 3.8) is 0 Å². The number of carbonyl (C=O) groups is 1. The number of aliphatic imine (C=N–C) groups is 1. The maximum absolute atomic E-state index is 13.2. The third-order valence-electron chi connectivity index (χ3n) is 4.17. The first kappa shape index (κ1) is 25.7. The number of nitrogens with one attached hydrogen (secondary N) is 3. The third-order valence-corrected chi connectivity index (χ3v) is 4.17. The molecule has 2 rings (SSSR count). The number of carbonyl (C=O) groups excluding carboxylic acids is 1. The van der Waals surface area contributed by atoms with Crippen LogP contribution in [0.5, 0.6) is 5.75 Å². The number of methoxy groups -OCH3 is 1. The Morgan fingerprint density at radius 2 is 1.77 bits per heavy atom. The van der Waals surface area contributed by atoms with Crippen molar-refractivity contribution < 1.29 is 13.9 Å². The number of ether oxygens (including phenoxy) is 1. The Morgan fingerprint density at radius 3 is 2.43 bits per heavy atom. The Hall–Kier alpha value is -2.36. The van der Waals surface area contributed by atoms with Crippen LogP contribution in [0.1, 0.15) is 18.1 Å². The van der Waals surface area contributed by atoms with Crippen LogP contribution >= 0.6 is 24.0 Å². The van der Waals surface area contributed by atoms with Gasteiger partial charge < -0.3 is 20.7 Å². The molecular formula is C22H30FIN4O2. The molecule has 164 valence electrons. The van der Waals surface area contributed by atoms with Crippen molar-refractivity contribution in [2.75, 3.05) is 33.3 Å². The monoisotopic (exact) mass is 528 g/mol. The molecule has 2 aromatic carbocycles. The minimum Gasteiger partial charge on any atom is -0.497 e. The molecule has 0 fully saturated rings. The zero-order valence-electron chi connectivity index (χ0n) is 17.4. The highest BCUT2D eigenvalue weighted by molar-refractivity contribution is 14.0. The van der Waals surface area contributed by atoms with E-state index in [9.17, 15) is 9.18 Å². The number of guanidine groups is 1. The van der Waals surface area contributed by atoms with Gasteiger partial charge in [-0.3, -0.25) is 9.79 Å². The smallest absolute Gasteiger partial charge is 0.224 e. The van der Waals surface area contributed by atoms with Gasteiger partial charge in [-0.15, -0.1) is 24.0 Å². The molecule has 0 bridgehead atoms. The summed E-state index contributed by atoms with van der Waals surface area (Å²) in [5.74, 6) is 1.07. The summed E-state index contributed by atoms with van der Waals surface area (Å²) in [6.07, 6.45) is 0.985. The molecule has 0 heterocycles. The van der Waals surface area contributed by atoms with Gasteiger partial charge in [0.25, 0.3) is 0 Å². The van der Waals surface area contributed by atoms with Gasteiger partial charge in [-0.2, -0.15) is 0 Å². The predicted molar refractivity (Wildman–Crippen MR) is 129 cm³/mol. The zero-order chi connectivity index (χ0) is 20.9. The fourth-order valence-corrected chi connectivity index (χ4v) is 2.71. The summed E-state index contributed by atoms with van der Waals surface area (Å²) in [6, 6.07) is 14.0. The Balaban J connectivity index is 0.00000450. The fourth-order valence-electron chi connectivity index (χ4n) is 2.71. The summed E-state index contributed by atoms with van der Waals surface area (Å²) in [5.41, 5.74) is 1.85. The van der Waals surface area contributed by atoms with Crippen molar-refractivity contribution in [1.82, 2.24) is 16.0 Å². The molecule has 0 aliphatic carbocycles. The lowest BCUT2D eigenvalue weighted by atomic mass is 10.1. The van der Waals surface area contributed by atoms with E-state index in [0.717, 1.165) is 18.7 Å². The maximum Gasteiger partial charge on any atom is 0.224 e. The van der Waals surface area contributed by atoms with Gasteiger partial charge in [0.2, 0.25) is 5.91 Å². The minimum absolute atomic E-state index is 0. The molecule has 30 heavy (non-hydrogen) atoms. The Bertz CT molecular complexity index is 800. The molecule has 0 aliphatic heterocycles. The van der Waals surface area contributed by atoms with Crippen LogP contribution in [0, 0.1) is 5.82 Å². The molecule has 2 aromatic rings. The lowest BCUT2D eigenvalue weighted by molar-refractivity contribution is -0.120. The molecule has 0 radical (unpaired) electrons. The second-order valence-corrected chi connectivity index (χ2v) is 6.44. The van der Waals surface area contributed by atoms with Crippen molar-refractivity contribution in [2.45, 2.75) is 19.8 Å². The zero-order valence-corrected chi connectivity index (χ0v) is 19.7. The van der Waals surface area contributed by atoms with E-state index in [1.807, 2.05) is 31.2 Å². The van der Waals surface area contributed by atoms with E-state index in [-0.39, 0.29) is 42.1 Å². The quantitative estimate of drug-likeness (QED) is 0.192. The SMILES string of the molecule is CCNC(=NCCc1ccc(OC)cc1)NCCNC(=O)Cc1cccc(F)c1.I. The van der Waals surface area contributed by atoms with Crippen LogP contribution in [0.15, 0.2) is 53.5 Å². The first-order valence-corrected chi connectivity index (χ1v) is 9.77. The van der Waals surface area contributed by atoms with Crippen LogP contribution in [-0.2, 0) is 17.6 Å². The highest BCUT2D eigenvalue weighted by Crippen LogP contribution is 2.11. The molecule has 0 saturated heterocycles. The summed E-state index contributed by atoms with van der Waals surface area (Å²) < 4.78 is 18.3. The Morgan fingerprint density at radius 1 is 1.03 bits per heavy atom. The maximum atomic E-state index is 13.2. The second kappa shape index (κ2) is 14.6. The van der Waals surface area contributed by atoms with Crippen LogP contribution in [0.25, 0.3) is 0 Å². The van der Waals surface area contributed by atoms with Gasteiger partial charge in [-0.25, -0.2) is 4.39 Å². The number of hydrogen-bond acceptors (Lipinski definition) is 3. The van der Waals surface area contributed by atoms with Gasteiger partial charge in [0.1, 0.15) is 11.6 Å². The van der Waals surface area contributed by atoms with Gasteiger partial charge in [-0.05, 0) is 48.7 Å². The van der Waals surface area contributed by atoms with Crippen LogP contribution in [0.4, 0.5) is 4.39 Å². The summed E-state index contributed by atoms with van der Waals surface area (Å²) in [7, 11) is 1.65. The van der Waals surface area contributed by atoms with Crippen molar-refractivity contribution in [3.05, 3.63) is 65.5 Å². The van der Waals surface area contributed by atoms with E-state index in [4.69, 9.17) is 4.74 Å². The number of hydrogen-bond donors (Lipinski definition) is 3. The fraction of sp³-hybridized carbons (Fsp3) is 0.364. The highest BCUT2D eigenvalue weighted by atomic mass is 127. The van der Waals surface area contributed by atoms with Crippen LogP contribution < -0.4 is 20.7 Å². The van der Waals surface area contributed by atoms with Crippen LogP contribution in [0.2, 0.25) is 0 Å². The van der Waals surface area contributed by atoms with Gasteiger partial charge in [0, 0.05) is 26.2 Å². The van der Waals surface area contributed by atoms with Gasteiger partial charge >= 0.3 is 0 Å². The largest absolute Gasteiger partial charge is 0.497 e. The molecule has 0 unspecified atom stereocenters. The first-order chi connectivity index (χ1) is 14.1. The minimum atomic E-state index is -0.335. The molecule has 6 nitrogen and oxygen atoms in total. The Labute approximate surface area is 194 Å². The standard InChI is InChI=1S/C22H29FN4O2.HI/c1-3-24-22(26-12-11-17-7-9-20(29-2)10-8-17)27-14-13-25-21(28)16-18-5-4-6-19(23)15-18;/h4-10,15H,3,11-14,16H2,1-2H3,(H,25,28)(H2,24,26,27);1H. The molecule has 0 aliphatic rings. The Kier molecular flexibility index (Phi) is 12.5. The van der Waals surface area contributed by atoms with Gasteiger partial charge in [0.15, 0.2) is 5.96 Å². The van der Waals surface area contributed by atoms with Gasteiger partial charge in [0.05, 0.1) is 13.5 Å². The van der Waals surface area contributed by atoms with E-state index in [2.05, 4.69) is 20.9 Å². The lowest BCUT2D eigenvalue weighted by Crippen LogP contribution is -2.41. The lowest BCUT2D eigenvalue weighted by Gasteiger charge is -2.12. The molecule has 3 N–H and O–H groups in total. The van der Waals surface area contributed by atoms with Crippen molar-refractivity contribution in [2.24, 2.45) is 4.99 Å². The van der Waals surface area contributed by atoms with Crippen molar-refractivity contribution >= 4 is 35.8 Å². The summed E-state index contributed by atoms with van der Waals surface area (Å²) in [5, 5.41) is 9.21. The average molecular weight is 528 g/mol.